The molecule has 0 aromatic heterocycles. The highest BCUT2D eigenvalue weighted by Crippen LogP contribution is 2.27. The number of nitrogens with two attached hydrogens (primary N) is 1. The van der Waals surface area contributed by atoms with Gasteiger partial charge >= 0.3 is 0 Å². The molecule has 1 amide bonds. The molecule has 4 heteroatoms. The van der Waals surface area contributed by atoms with Crippen molar-refractivity contribution in [1.29, 1.82) is 0 Å². The van der Waals surface area contributed by atoms with Crippen LogP contribution < -0.4 is 11.1 Å². The molecule has 3 atom stereocenters. The molecule has 0 spiro atoms. The second kappa shape index (κ2) is 5.15. The summed E-state index contributed by atoms with van der Waals surface area (Å²) in [5, 5.41) is 3.10. The molecule has 2 aliphatic rings. The summed E-state index contributed by atoms with van der Waals surface area (Å²) in [5.74, 6) is 0.579. The zero-order valence-electron chi connectivity index (χ0n) is 9.95. The normalized spacial score (nSPS) is 32.9. The van der Waals surface area contributed by atoms with Crippen molar-refractivity contribution in [3.05, 3.63) is 0 Å². The fourth-order valence-corrected chi connectivity index (χ4v) is 2.75. The highest BCUT2D eigenvalue weighted by atomic mass is 16.5. The fourth-order valence-electron chi connectivity index (χ4n) is 2.75. The van der Waals surface area contributed by atoms with E-state index in [0.717, 1.165) is 0 Å². The molecule has 2 fully saturated rings. The maximum absolute atomic E-state index is 12.0. The second-order valence-corrected chi connectivity index (χ2v) is 5.15. The molecule has 1 aliphatic heterocycles. The van der Waals surface area contributed by atoms with Crippen LogP contribution in [0.3, 0.4) is 0 Å². The molecule has 4 nitrogen and oxygen atoms in total. The van der Waals surface area contributed by atoms with E-state index in [2.05, 4.69) is 12.2 Å². The van der Waals surface area contributed by atoms with Gasteiger partial charge in [-0.15, -0.1) is 0 Å². The molecule has 1 saturated heterocycles. The van der Waals surface area contributed by atoms with Crippen molar-refractivity contribution in [2.45, 2.75) is 44.7 Å². The molecule has 3 N–H and O–H groups in total. The van der Waals surface area contributed by atoms with Gasteiger partial charge in [-0.2, -0.15) is 0 Å². The molecule has 0 radical (unpaired) electrons. The minimum absolute atomic E-state index is 0.0735. The summed E-state index contributed by atoms with van der Waals surface area (Å²) in [6.07, 6.45) is 5.09. The topological polar surface area (TPSA) is 64.3 Å². The van der Waals surface area contributed by atoms with Gasteiger partial charge in [0.25, 0.3) is 0 Å². The van der Waals surface area contributed by atoms with Gasteiger partial charge in [-0.3, -0.25) is 4.79 Å². The monoisotopic (exact) mass is 226 g/mol. The van der Waals surface area contributed by atoms with Crippen LogP contribution in [0, 0.1) is 11.8 Å². The highest BCUT2D eigenvalue weighted by Gasteiger charge is 2.33. The van der Waals surface area contributed by atoms with Gasteiger partial charge in [0, 0.05) is 12.1 Å². The zero-order chi connectivity index (χ0) is 11.5. The van der Waals surface area contributed by atoms with E-state index in [0.29, 0.717) is 19.1 Å². The molecule has 1 heterocycles. The first kappa shape index (κ1) is 11.9. The minimum Gasteiger partial charge on any atom is -0.379 e. The predicted octanol–water partition coefficient (Wildman–Crippen LogP) is 0.655. The molecule has 3 unspecified atom stereocenters. The third-order valence-electron chi connectivity index (χ3n) is 3.94. The summed E-state index contributed by atoms with van der Waals surface area (Å²) >= 11 is 0. The molecule has 92 valence electrons. The van der Waals surface area contributed by atoms with Gasteiger partial charge in [0.05, 0.1) is 19.1 Å². The number of rotatable bonds is 3. The largest absolute Gasteiger partial charge is 0.379 e. The van der Waals surface area contributed by atoms with Gasteiger partial charge < -0.3 is 15.8 Å². The van der Waals surface area contributed by atoms with E-state index >= 15 is 0 Å². The van der Waals surface area contributed by atoms with Crippen molar-refractivity contribution < 1.29 is 9.53 Å². The molecule has 0 aromatic rings. The Balaban J connectivity index is 1.81. The third kappa shape index (κ3) is 2.55. The second-order valence-electron chi connectivity index (χ2n) is 5.15. The summed E-state index contributed by atoms with van der Waals surface area (Å²) < 4.78 is 5.21. The van der Waals surface area contributed by atoms with Crippen molar-refractivity contribution in [1.82, 2.24) is 5.32 Å². The van der Waals surface area contributed by atoms with Gasteiger partial charge in [0.15, 0.2) is 0 Å². The van der Waals surface area contributed by atoms with E-state index in [1.165, 1.54) is 25.7 Å². The highest BCUT2D eigenvalue weighted by molar-refractivity contribution is 5.80. The Morgan fingerprint density at radius 3 is 2.62 bits per heavy atom. The van der Waals surface area contributed by atoms with E-state index in [1.807, 2.05) is 0 Å². The number of ether oxygens (including phenoxy) is 1. The quantitative estimate of drug-likeness (QED) is 0.743. The lowest BCUT2D eigenvalue weighted by atomic mass is 9.97. The Morgan fingerprint density at radius 2 is 2.06 bits per heavy atom. The van der Waals surface area contributed by atoms with E-state index < -0.39 is 0 Å². The van der Waals surface area contributed by atoms with Crippen LogP contribution in [0.1, 0.15) is 32.6 Å². The summed E-state index contributed by atoms with van der Waals surface area (Å²) in [5.41, 5.74) is 5.82. The maximum atomic E-state index is 12.0. The van der Waals surface area contributed by atoms with E-state index in [4.69, 9.17) is 10.5 Å². The van der Waals surface area contributed by atoms with Gasteiger partial charge in [0.2, 0.25) is 5.91 Å². The third-order valence-corrected chi connectivity index (χ3v) is 3.94. The molecule has 0 aromatic carbocycles. The van der Waals surface area contributed by atoms with Crippen LogP contribution in [0.15, 0.2) is 0 Å². The van der Waals surface area contributed by atoms with Crippen molar-refractivity contribution in [2.24, 2.45) is 17.6 Å². The van der Waals surface area contributed by atoms with Crippen molar-refractivity contribution in [3.63, 3.8) is 0 Å². The fraction of sp³-hybridized carbons (Fsp3) is 0.917. The summed E-state index contributed by atoms with van der Waals surface area (Å²) in [6.45, 7) is 3.09. The number of amides is 1. The van der Waals surface area contributed by atoms with Crippen LogP contribution in [0.4, 0.5) is 0 Å². The first-order chi connectivity index (χ1) is 7.68. The van der Waals surface area contributed by atoms with Crippen LogP contribution >= 0.6 is 0 Å². The molecule has 1 saturated carbocycles. The molecular formula is C12H22N2O2. The lowest BCUT2D eigenvalue weighted by molar-refractivity contribution is -0.126. The van der Waals surface area contributed by atoms with Crippen molar-refractivity contribution >= 4 is 5.91 Å². The Morgan fingerprint density at radius 1 is 1.38 bits per heavy atom. The Kier molecular flexibility index (Phi) is 3.82. The number of nitrogens with one attached hydrogen (secondary N) is 1. The van der Waals surface area contributed by atoms with Gasteiger partial charge in [0.1, 0.15) is 0 Å². The Hall–Kier alpha value is -0.610. The van der Waals surface area contributed by atoms with Crippen molar-refractivity contribution in [3.8, 4) is 0 Å². The first-order valence-electron chi connectivity index (χ1n) is 6.32. The predicted molar refractivity (Wildman–Crippen MR) is 61.8 cm³/mol. The maximum Gasteiger partial charge on any atom is 0.227 e. The lowest BCUT2D eigenvalue weighted by Crippen LogP contribution is -2.46. The number of carbonyl (C=O) groups excluding carboxylic acids is 1. The average Bonchev–Trinajstić information content (AvgIpc) is 2.86. The molecule has 16 heavy (non-hydrogen) atoms. The van der Waals surface area contributed by atoms with Crippen LogP contribution in [0.2, 0.25) is 0 Å². The van der Waals surface area contributed by atoms with E-state index in [1.54, 1.807) is 0 Å². The van der Waals surface area contributed by atoms with E-state index in [-0.39, 0.29) is 23.9 Å². The van der Waals surface area contributed by atoms with E-state index in [9.17, 15) is 4.79 Å². The van der Waals surface area contributed by atoms with Crippen LogP contribution in [-0.2, 0) is 9.53 Å². The summed E-state index contributed by atoms with van der Waals surface area (Å²) in [7, 11) is 0. The molecule has 2 rings (SSSR count). The SMILES string of the molecule is CC(NC(=O)C1COCC1N)C1CCCC1. The molecular weight excluding hydrogens is 204 g/mol. The number of hydrogen-bond donors (Lipinski definition) is 2. The molecule has 0 bridgehead atoms. The lowest BCUT2D eigenvalue weighted by Gasteiger charge is -2.23. The summed E-state index contributed by atoms with van der Waals surface area (Å²) in [6, 6.07) is 0.151. The minimum atomic E-state index is -0.149. The van der Waals surface area contributed by atoms with Crippen LogP contribution in [0.25, 0.3) is 0 Å². The average molecular weight is 226 g/mol. The van der Waals surface area contributed by atoms with Crippen LogP contribution in [0.5, 0.6) is 0 Å². The number of hydrogen-bond acceptors (Lipinski definition) is 3. The van der Waals surface area contributed by atoms with Gasteiger partial charge in [-0.05, 0) is 25.7 Å². The smallest absolute Gasteiger partial charge is 0.227 e. The summed E-state index contributed by atoms with van der Waals surface area (Å²) in [4.78, 5) is 12.0. The molecule has 1 aliphatic carbocycles. The first-order valence-corrected chi connectivity index (χ1v) is 6.32. The standard InChI is InChI=1S/C12H22N2O2/c1-8(9-4-2-3-5-9)14-12(15)10-6-16-7-11(10)13/h8-11H,2-7,13H2,1H3,(H,14,15). The van der Waals surface area contributed by atoms with Gasteiger partial charge in [-0.25, -0.2) is 0 Å². The number of carbonyl (C=O) groups is 1. The Labute approximate surface area is 96.9 Å². The Bertz CT molecular complexity index is 251. The van der Waals surface area contributed by atoms with Crippen molar-refractivity contribution in [2.75, 3.05) is 13.2 Å². The zero-order valence-corrected chi connectivity index (χ0v) is 9.95. The van der Waals surface area contributed by atoms with Crippen LogP contribution in [-0.4, -0.2) is 31.2 Å². The van der Waals surface area contributed by atoms with Gasteiger partial charge in [-0.1, -0.05) is 12.8 Å².